The molecular formula is C9H10FN5O2S. The fourth-order valence-electron chi connectivity index (χ4n) is 1.31. The third-order valence-corrected chi connectivity index (χ3v) is 3.49. The maximum Gasteiger partial charge on any atom is 0.264 e. The predicted molar refractivity (Wildman–Crippen MR) is 62.6 cm³/mol. The summed E-state index contributed by atoms with van der Waals surface area (Å²) in [4.78, 5) is 3.19. The van der Waals surface area contributed by atoms with Gasteiger partial charge in [-0.3, -0.25) is 14.4 Å². The number of pyridine rings is 1. The van der Waals surface area contributed by atoms with Crippen molar-refractivity contribution in [3.63, 3.8) is 0 Å². The number of nitrogens with two attached hydrogens (primary N) is 1. The van der Waals surface area contributed by atoms with Gasteiger partial charge in [-0.05, 0) is 6.07 Å². The van der Waals surface area contributed by atoms with Gasteiger partial charge in [0, 0.05) is 13.2 Å². The van der Waals surface area contributed by atoms with Crippen LogP contribution in [0.2, 0.25) is 0 Å². The van der Waals surface area contributed by atoms with Crippen LogP contribution in [0.4, 0.5) is 15.9 Å². The number of sulfonamides is 1. The summed E-state index contributed by atoms with van der Waals surface area (Å²) in [6.07, 6.45) is 3.26. The summed E-state index contributed by atoms with van der Waals surface area (Å²) in [6.45, 7) is 0. The number of nitrogens with one attached hydrogen (secondary N) is 1. The number of nitrogen functional groups attached to an aromatic ring is 1. The zero-order chi connectivity index (χ0) is 13.3. The normalized spacial score (nSPS) is 11.4. The van der Waals surface area contributed by atoms with E-state index in [2.05, 4.69) is 14.8 Å². The lowest BCUT2D eigenvalue weighted by Crippen LogP contribution is -2.16. The second kappa shape index (κ2) is 4.26. The summed E-state index contributed by atoms with van der Waals surface area (Å²) in [5.74, 6) is -0.630. The van der Waals surface area contributed by atoms with Crippen molar-refractivity contribution in [3.8, 4) is 0 Å². The number of anilines is 2. The molecule has 0 aliphatic carbocycles. The number of hydrogen-bond acceptors (Lipinski definition) is 5. The van der Waals surface area contributed by atoms with E-state index in [0.717, 1.165) is 18.5 Å². The molecule has 0 aromatic carbocycles. The lowest BCUT2D eigenvalue weighted by Gasteiger charge is -2.08. The maximum absolute atomic E-state index is 12.9. The fraction of sp³-hybridized carbons (Fsp3) is 0.111. The standard InChI is InChI=1S/C9H10FN5O2S/c1-15-9(8(11)5-13-15)14-18(16,17)7-2-6(10)3-12-4-7/h2-5,14H,11H2,1H3. The first-order chi connectivity index (χ1) is 8.40. The smallest absolute Gasteiger partial charge is 0.264 e. The van der Waals surface area contributed by atoms with Crippen molar-refractivity contribution in [2.75, 3.05) is 10.5 Å². The molecule has 0 unspecified atom stereocenters. The minimum atomic E-state index is -3.94. The zero-order valence-corrected chi connectivity index (χ0v) is 10.1. The molecule has 0 spiro atoms. The first-order valence-corrected chi connectivity index (χ1v) is 6.29. The molecule has 3 N–H and O–H groups in total. The van der Waals surface area contributed by atoms with Crippen molar-refractivity contribution in [1.82, 2.24) is 14.8 Å². The highest BCUT2D eigenvalue weighted by Gasteiger charge is 2.18. The SMILES string of the molecule is Cn1ncc(N)c1NS(=O)(=O)c1cncc(F)c1. The molecule has 2 rings (SSSR count). The van der Waals surface area contributed by atoms with E-state index in [9.17, 15) is 12.8 Å². The first kappa shape index (κ1) is 12.3. The largest absolute Gasteiger partial charge is 0.394 e. The van der Waals surface area contributed by atoms with Gasteiger partial charge in [0.25, 0.3) is 10.0 Å². The third kappa shape index (κ3) is 2.25. The van der Waals surface area contributed by atoms with Crippen LogP contribution in [-0.4, -0.2) is 23.2 Å². The average Bonchev–Trinajstić information content (AvgIpc) is 2.60. The van der Waals surface area contributed by atoms with Gasteiger partial charge in [0.15, 0.2) is 5.82 Å². The maximum atomic E-state index is 12.9. The molecule has 0 radical (unpaired) electrons. The van der Waals surface area contributed by atoms with Crippen LogP contribution >= 0.6 is 0 Å². The molecule has 0 saturated carbocycles. The minimum absolute atomic E-state index is 0.110. The lowest BCUT2D eigenvalue weighted by molar-refractivity contribution is 0.591. The van der Waals surface area contributed by atoms with E-state index >= 15 is 0 Å². The summed E-state index contributed by atoms with van der Waals surface area (Å²) >= 11 is 0. The van der Waals surface area contributed by atoms with Crippen LogP contribution < -0.4 is 10.5 Å². The second-order valence-electron chi connectivity index (χ2n) is 3.52. The number of aryl methyl sites for hydroxylation is 1. The molecule has 0 bridgehead atoms. The van der Waals surface area contributed by atoms with Gasteiger partial charge >= 0.3 is 0 Å². The molecule has 2 heterocycles. The van der Waals surface area contributed by atoms with E-state index in [1.54, 1.807) is 0 Å². The molecule has 0 amide bonds. The Kier molecular flexibility index (Phi) is 2.91. The highest BCUT2D eigenvalue weighted by molar-refractivity contribution is 7.92. The highest BCUT2D eigenvalue weighted by atomic mass is 32.2. The molecule has 7 nitrogen and oxygen atoms in total. The van der Waals surface area contributed by atoms with Gasteiger partial charge < -0.3 is 5.73 Å². The molecule has 2 aromatic heterocycles. The number of aromatic nitrogens is 3. The summed E-state index contributed by atoms with van der Waals surface area (Å²) in [5.41, 5.74) is 5.73. The van der Waals surface area contributed by atoms with Gasteiger partial charge in [-0.15, -0.1) is 0 Å². The Morgan fingerprint density at radius 1 is 1.39 bits per heavy atom. The number of hydrogen-bond donors (Lipinski definition) is 2. The second-order valence-corrected chi connectivity index (χ2v) is 5.20. The minimum Gasteiger partial charge on any atom is -0.394 e. The number of rotatable bonds is 3. The molecule has 96 valence electrons. The topological polar surface area (TPSA) is 103 Å². The van der Waals surface area contributed by atoms with Crippen LogP contribution in [0.5, 0.6) is 0 Å². The lowest BCUT2D eigenvalue weighted by atomic mass is 10.5. The summed E-state index contributed by atoms with van der Waals surface area (Å²) in [7, 11) is -2.42. The highest BCUT2D eigenvalue weighted by Crippen LogP contribution is 2.20. The number of nitrogens with zero attached hydrogens (tertiary/aromatic N) is 3. The monoisotopic (exact) mass is 271 g/mol. The molecule has 9 heteroatoms. The molecule has 0 atom stereocenters. The van der Waals surface area contributed by atoms with Crippen LogP contribution in [0.15, 0.2) is 29.6 Å². The van der Waals surface area contributed by atoms with Crippen LogP contribution in [0, 0.1) is 5.82 Å². The van der Waals surface area contributed by atoms with Crippen LogP contribution in [0.25, 0.3) is 0 Å². The number of halogens is 1. The van der Waals surface area contributed by atoms with Crippen LogP contribution in [-0.2, 0) is 17.1 Å². The van der Waals surface area contributed by atoms with E-state index in [-0.39, 0.29) is 16.4 Å². The van der Waals surface area contributed by atoms with Gasteiger partial charge in [0.2, 0.25) is 0 Å². The summed E-state index contributed by atoms with van der Waals surface area (Å²) in [5, 5.41) is 3.79. The van der Waals surface area contributed by atoms with Gasteiger partial charge in [-0.2, -0.15) is 5.10 Å². The molecule has 18 heavy (non-hydrogen) atoms. The quantitative estimate of drug-likeness (QED) is 0.837. The van der Waals surface area contributed by atoms with Crippen molar-refractivity contribution in [2.24, 2.45) is 7.05 Å². The molecular weight excluding hydrogens is 261 g/mol. The fourth-order valence-corrected chi connectivity index (χ4v) is 2.39. The molecule has 2 aromatic rings. The van der Waals surface area contributed by atoms with E-state index in [4.69, 9.17) is 5.73 Å². The van der Waals surface area contributed by atoms with Gasteiger partial charge in [-0.1, -0.05) is 0 Å². The first-order valence-electron chi connectivity index (χ1n) is 4.81. The van der Waals surface area contributed by atoms with Gasteiger partial charge in [0.1, 0.15) is 10.7 Å². The predicted octanol–water partition coefficient (Wildman–Crippen LogP) is 0.337. The Balaban J connectivity index is 2.39. The Morgan fingerprint density at radius 3 is 2.67 bits per heavy atom. The Labute approximate surface area is 102 Å². The molecule has 0 aliphatic heterocycles. The zero-order valence-electron chi connectivity index (χ0n) is 9.33. The van der Waals surface area contributed by atoms with Crippen LogP contribution in [0.3, 0.4) is 0 Å². The average molecular weight is 271 g/mol. The summed E-state index contributed by atoms with van der Waals surface area (Å²) < 4.78 is 40.3. The van der Waals surface area contributed by atoms with E-state index in [1.807, 2.05) is 0 Å². The molecule has 0 fully saturated rings. The van der Waals surface area contributed by atoms with Crippen LogP contribution in [0.1, 0.15) is 0 Å². The molecule has 0 saturated heterocycles. The van der Waals surface area contributed by atoms with Gasteiger partial charge in [0.05, 0.1) is 18.1 Å². The summed E-state index contributed by atoms with van der Waals surface area (Å²) in [6, 6.07) is 0.863. The van der Waals surface area contributed by atoms with Crippen molar-refractivity contribution >= 4 is 21.5 Å². The Bertz CT molecular complexity index is 663. The van der Waals surface area contributed by atoms with Crippen molar-refractivity contribution in [3.05, 3.63) is 30.5 Å². The van der Waals surface area contributed by atoms with Crippen molar-refractivity contribution in [1.29, 1.82) is 0 Å². The molecule has 0 aliphatic rings. The Morgan fingerprint density at radius 2 is 2.11 bits per heavy atom. The van der Waals surface area contributed by atoms with E-state index in [0.29, 0.717) is 0 Å². The van der Waals surface area contributed by atoms with Crippen molar-refractivity contribution in [2.45, 2.75) is 4.90 Å². The van der Waals surface area contributed by atoms with E-state index in [1.165, 1.54) is 17.9 Å². The van der Waals surface area contributed by atoms with Crippen molar-refractivity contribution < 1.29 is 12.8 Å². The van der Waals surface area contributed by atoms with Gasteiger partial charge in [-0.25, -0.2) is 12.8 Å². The Hall–Kier alpha value is -2.16. The third-order valence-electron chi connectivity index (χ3n) is 2.19. The van der Waals surface area contributed by atoms with E-state index < -0.39 is 15.8 Å².